The maximum atomic E-state index is 3.08. The minimum Gasteiger partial charge on any atom is -0.456 e. The number of H-pyrrole nitrogens is 4. The number of aromatic amines is 4. The summed E-state index contributed by atoms with van der Waals surface area (Å²) in [5, 5.41) is 0. The Kier molecular flexibility index (Phi) is 13.1. The largest absolute Gasteiger partial charge is 4.00 e. The van der Waals surface area contributed by atoms with Gasteiger partial charge in [-0.1, -0.05) is 50.5 Å². The first kappa shape index (κ1) is 27.0. The van der Waals surface area contributed by atoms with Crippen molar-refractivity contribution in [2.24, 2.45) is 0 Å². The summed E-state index contributed by atoms with van der Waals surface area (Å²) in [6.07, 6.45) is 0. The van der Waals surface area contributed by atoms with E-state index in [0.29, 0.717) is 0 Å². The van der Waals surface area contributed by atoms with Gasteiger partial charge in [-0.05, 0) is 27.7 Å². The molecule has 29 heavy (non-hydrogen) atoms. The average molecular weight is 468 g/mol. The molecule has 4 rings (SSSR count). The van der Waals surface area contributed by atoms with E-state index in [-0.39, 0.29) is 26.2 Å². The van der Waals surface area contributed by atoms with Crippen LogP contribution in [0.3, 0.4) is 0 Å². The summed E-state index contributed by atoms with van der Waals surface area (Å²) in [7, 11) is 0. The molecule has 4 aromatic heterocycles. The minimum absolute atomic E-state index is 0. The van der Waals surface area contributed by atoms with Gasteiger partial charge in [-0.15, -0.1) is 22.8 Å². The van der Waals surface area contributed by atoms with Gasteiger partial charge in [-0.25, -0.2) is 48.5 Å². The fourth-order valence-electron chi connectivity index (χ4n) is 2.34. The Labute approximate surface area is 195 Å². The second kappa shape index (κ2) is 14.1. The molecule has 4 N–H and O–H groups in total. The molecule has 0 aliphatic rings. The molecule has 0 fully saturated rings. The number of nitrogens with one attached hydrogen (secondary N) is 4. The monoisotopic (exact) mass is 466 g/mol. The van der Waals surface area contributed by atoms with Crippen molar-refractivity contribution < 1.29 is 26.2 Å². The van der Waals surface area contributed by atoms with Crippen molar-refractivity contribution in [3.63, 3.8) is 0 Å². The van der Waals surface area contributed by atoms with Crippen molar-refractivity contribution in [2.75, 3.05) is 0 Å². The van der Waals surface area contributed by atoms with Gasteiger partial charge >= 0.3 is 26.2 Å². The third-order valence-corrected chi connectivity index (χ3v) is 3.56. The van der Waals surface area contributed by atoms with E-state index in [4.69, 9.17) is 0 Å². The summed E-state index contributed by atoms with van der Waals surface area (Å²) in [6.45, 7) is 16.0. The number of hydrogen-bond donors (Lipinski definition) is 4. The van der Waals surface area contributed by atoms with E-state index >= 15 is 0 Å². The molecule has 4 aromatic rings. The summed E-state index contributed by atoms with van der Waals surface area (Å²) in [6, 6.07) is 19.8. The molecule has 0 aromatic carbocycles. The molecule has 0 bridgehead atoms. The Bertz CT molecular complexity index is 705. The van der Waals surface area contributed by atoms with Crippen LogP contribution in [0, 0.1) is 79.7 Å². The predicted octanol–water partition coefficient (Wildman–Crippen LogP) is 5.72. The second-order valence-corrected chi connectivity index (χ2v) is 6.89. The molecule has 152 valence electrons. The van der Waals surface area contributed by atoms with Gasteiger partial charge in [-0.3, -0.25) is 0 Å². The first-order valence-electron chi connectivity index (χ1n) is 9.31. The van der Waals surface area contributed by atoms with E-state index < -0.39 is 0 Å². The smallest absolute Gasteiger partial charge is 0.456 e. The van der Waals surface area contributed by atoms with Crippen LogP contribution in [-0.2, 0) is 26.2 Å². The number of aromatic nitrogens is 4. The number of aryl methyl sites for hydroxylation is 8. The second-order valence-electron chi connectivity index (χ2n) is 6.89. The summed E-state index contributed by atoms with van der Waals surface area (Å²) in [4.78, 5) is 12.3. The van der Waals surface area contributed by atoms with Crippen LogP contribution in [0.4, 0.5) is 0 Å². The van der Waals surface area contributed by atoms with E-state index in [1.165, 1.54) is 22.8 Å². The summed E-state index contributed by atoms with van der Waals surface area (Å²) >= 11 is 0. The third-order valence-electron chi connectivity index (χ3n) is 3.56. The molecule has 0 aliphatic heterocycles. The van der Waals surface area contributed by atoms with Crippen LogP contribution in [0.1, 0.15) is 45.6 Å². The molecule has 0 saturated carbocycles. The van der Waals surface area contributed by atoms with Crippen molar-refractivity contribution in [1.29, 1.82) is 0 Å². The zero-order valence-corrected chi connectivity index (χ0v) is 21.3. The fourth-order valence-corrected chi connectivity index (χ4v) is 2.34. The van der Waals surface area contributed by atoms with Crippen LogP contribution in [0.25, 0.3) is 0 Å². The van der Waals surface area contributed by atoms with Gasteiger partial charge in [0, 0.05) is 0 Å². The molecule has 0 atom stereocenters. The van der Waals surface area contributed by atoms with E-state index in [2.05, 4.69) is 44.2 Å². The number of hydrogen-bond acceptors (Lipinski definition) is 0. The molecule has 0 unspecified atom stereocenters. The Morgan fingerprint density at radius 2 is 0.586 bits per heavy atom. The predicted molar refractivity (Wildman–Crippen MR) is 116 cm³/mol. The quantitative estimate of drug-likeness (QED) is 0.239. The van der Waals surface area contributed by atoms with Crippen molar-refractivity contribution in [2.45, 2.75) is 55.4 Å². The van der Waals surface area contributed by atoms with Gasteiger partial charge in [0.15, 0.2) is 0 Å². The van der Waals surface area contributed by atoms with Gasteiger partial charge in [0.25, 0.3) is 0 Å². The van der Waals surface area contributed by atoms with E-state index in [1.807, 2.05) is 79.7 Å². The van der Waals surface area contributed by atoms with E-state index in [1.54, 1.807) is 0 Å². The van der Waals surface area contributed by atoms with Gasteiger partial charge in [-0.2, -0.15) is 0 Å². The van der Waals surface area contributed by atoms with Crippen LogP contribution in [-0.4, -0.2) is 19.9 Å². The van der Waals surface area contributed by atoms with Crippen molar-refractivity contribution in [3.8, 4) is 0 Å². The van der Waals surface area contributed by atoms with E-state index in [0.717, 1.165) is 22.8 Å². The topological polar surface area (TPSA) is 63.2 Å². The van der Waals surface area contributed by atoms with Crippen LogP contribution in [0.5, 0.6) is 0 Å². The normalized spacial score (nSPS) is 9.10. The zero-order valence-electron chi connectivity index (χ0n) is 18.8. The molecule has 5 heteroatoms. The third kappa shape index (κ3) is 13.0. The first-order valence-corrected chi connectivity index (χ1v) is 9.31. The molecule has 0 saturated heterocycles. The van der Waals surface area contributed by atoms with Crippen LogP contribution < -0.4 is 0 Å². The summed E-state index contributed by atoms with van der Waals surface area (Å²) in [5.74, 6) is 0. The molecular weight excluding hydrogens is 436 g/mol. The minimum atomic E-state index is 0. The SMILES string of the molecule is Cc1[c-]cc(C)[nH]1.Cc1[c-]cc(C)[nH]1.Cc1[c-]cc(C)[nH]1.Cc1[c-]cc(C)[nH]1.[Zr+4]. The molecule has 4 heterocycles. The van der Waals surface area contributed by atoms with E-state index in [9.17, 15) is 0 Å². The zero-order chi connectivity index (χ0) is 21.1. The van der Waals surface area contributed by atoms with Crippen LogP contribution >= 0.6 is 0 Å². The Balaban J connectivity index is 0.000000356. The Morgan fingerprint density at radius 1 is 0.414 bits per heavy atom. The molecular formula is C24H32N4Zr. The van der Waals surface area contributed by atoms with Crippen LogP contribution in [0.2, 0.25) is 0 Å². The Hall–Kier alpha value is -2.00. The van der Waals surface area contributed by atoms with Gasteiger partial charge in [0.1, 0.15) is 0 Å². The molecule has 0 spiro atoms. The average Bonchev–Trinajstić information content (AvgIpc) is 3.37. The molecule has 0 radical (unpaired) electrons. The van der Waals surface area contributed by atoms with Gasteiger partial charge in [0.05, 0.1) is 0 Å². The fraction of sp³-hybridized carbons (Fsp3) is 0.333. The van der Waals surface area contributed by atoms with Gasteiger partial charge < -0.3 is 19.9 Å². The standard InChI is InChI=1S/4C6H8N.Zr/c4*1-5-3-4-6(2)7-5;/h4*3,7H,1-2H3;/q4*-1;+4. The molecule has 4 nitrogen and oxygen atoms in total. The van der Waals surface area contributed by atoms with Crippen LogP contribution in [0.15, 0.2) is 24.3 Å². The molecule has 0 amide bonds. The maximum Gasteiger partial charge on any atom is 4.00 e. The molecule has 0 aliphatic carbocycles. The first-order chi connectivity index (χ1) is 13.2. The van der Waals surface area contributed by atoms with Crippen molar-refractivity contribution >= 4 is 0 Å². The van der Waals surface area contributed by atoms with Crippen molar-refractivity contribution in [1.82, 2.24) is 19.9 Å². The van der Waals surface area contributed by atoms with Crippen molar-refractivity contribution in [3.05, 3.63) is 94.1 Å². The number of rotatable bonds is 0. The Morgan fingerprint density at radius 3 is 0.621 bits per heavy atom. The summed E-state index contributed by atoms with van der Waals surface area (Å²) in [5.41, 5.74) is 9.15. The summed E-state index contributed by atoms with van der Waals surface area (Å²) < 4.78 is 0. The maximum absolute atomic E-state index is 3.08. The van der Waals surface area contributed by atoms with Gasteiger partial charge in [0.2, 0.25) is 0 Å².